The van der Waals surface area contributed by atoms with Gasteiger partial charge in [-0.15, -0.1) is 0 Å². The number of hydrogen-bond donors (Lipinski definition) is 0. The van der Waals surface area contributed by atoms with Crippen LogP contribution in [0.3, 0.4) is 0 Å². The zero-order valence-electron chi connectivity index (χ0n) is 9.98. The maximum absolute atomic E-state index is 2.30. The van der Waals surface area contributed by atoms with Crippen molar-refractivity contribution in [2.45, 2.75) is 26.2 Å². The Kier molecular flexibility index (Phi) is 3.40. The highest BCUT2D eigenvalue weighted by atomic mass is 14.1. The summed E-state index contributed by atoms with van der Waals surface area (Å²) in [6, 6.07) is 19.4. The second-order valence-electron chi connectivity index (χ2n) is 4.45. The van der Waals surface area contributed by atoms with Gasteiger partial charge in [-0.2, -0.15) is 0 Å². The van der Waals surface area contributed by atoms with E-state index >= 15 is 0 Å². The summed E-state index contributed by atoms with van der Waals surface area (Å²) in [4.78, 5) is 0. The Morgan fingerprint density at radius 2 is 1.50 bits per heavy atom. The molecule has 0 heterocycles. The molecule has 0 radical (unpaired) electrons. The monoisotopic (exact) mass is 210 g/mol. The van der Waals surface area contributed by atoms with Crippen LogP contribution in [0.25, 0.3) is 0 Å². The third-order valence-electron chi connectivity index (χ3n) is 3.10. The van der Waals surface area contributed by atoms with E-state index in [1.165, 1.54) is 16.7 Å². The predicted molar refractivity (Wildman–Crippen MR) is 69.7 cm³/mol. The molecule has 0 saturated carbocycles. The molecule has 1 unspecified atom stereocenters. The summed E-state index contributed by atoms with van der Waals surface area (Å²) in [6.45, 7) is 4.49. The zero-order chi connectivity index (χ0) is 11.4. The van der Waals surface area contributed by atoms with E-state index in [1.807, 2.05) is 0 Å². The summed E-state index contributed by atoms with van der Waals surface area (Å²) < 4.78 is 0. The van der Waals surface area contributed by atoms with Crippen LogP contribution in [0, 0.1) is 6.92 Å². The normalized spacial score (nSPS) is 12.4. The summed E-state index contributed by atoms with van der Waals surface area (Å²) in [5, 5.41) is 0. The van der Waals surface area contributed by atoms with Crippen LogP contribution in [-0.4, -0.2) is 0 Å². The smallest absolute Gasteiger partial charge is 0.0147 e. The lowest BCUT2D eigenvalue weighted by Crippen LogP contribution is -2.00. The van der Waals surface area contributed by atoms with E-state index in [9.17, 15) is 0 Å². The van der Waals surface area contributed by atoms with Gasteiger partial charge in [-0.1, -0.05) is 61.5 Å². The third kappa shape index (κ3) is 2.52. The predicted octanol–water partition coefficient (Wildman–Crippen LogP) is 4.34. The Morgan fingerprint density at radius 3 is 2.19 bits per heavy atom. The molecule has 0 aromatic heterocycles. The maximum atomic E-state index is 2.30. The Hall–Kier alpha value is -1.56. The van der Waals surface area contributed by atoms with Crippen molar-refractivity contribution in [1.29, 1.82) is 0 Å². The second kappa shape index (κ2) is 4.98. The van der Waals surface area contributed by atoms with Crippen LogP contribution in [0.15, 0.2) is 54.6 Å². The van der Waals surface area contributed by atoms with Gasteiger partial charge in [0, 0.05) is 0 Å². The molecule has 0 bridgehead atoms. The fourth-order valence-corrected chi connectivity index (χ4v) is 2.22. The van der Waals surface area contributed by atoms with E-state index in [4.69, 9.17) is 0 Å². The van der Waals surface area contributed by atoms with Crippen LogP contribution < -0.4 is 0 Å². The molecule has 0 N–H and O–H groups in total. The molecular weight excluding hydrogens is 192 g/mol. The molecule has 2 aromatic carbocycles. The van der Waals surface area contributed by atoms with Gasteiger partial charge in [0.25, 0.3) is 0 Å². The van der Waals surface area contributed by atoms with Crippen LogP contribution in [0.4, 0.5) is 0 Å². The molecule has 0 fully saturated rings. The molecule has 16 heavy (non-hydrogen) atoms. The fraction of sp³-hybridized carbons (Fsp3) is 0.250. The fourth-order valence-electron chi connectivity index (χ4n) is 2.22. The molecule has 0 nitrogen and oxygen atoms in total. The van der Waals surface area contributed by atoms with Gasteiger partial charge in [0.2, 0.25) is 0 Å². The van der Waals surface area contributed by atoms with Gasteiger partial charge in [-0.05, 0) is 36.0 Å². The van der Waals surface area contributed by atoms with Gasteiger partial charge in [0.1, 0.15) is 0 Å². The lowest BCUT2D eigenvalue weighted by molar-refractivity contribution is 0.753. The Labute approximate surface area is 97.9 Å². The van der Waals surface area contributed by atoms with Gasteiger partial charge < -0.3 is 0 Å². The molecule has 0 heteroatoms. The quantitative estimate of drug-likeness (QED) is 0.707. The number of aryl methyl sites for hydroxylation is 1. The zero-order valence-corrected chi connectivity index (χ0v) is 9.98. The standard InChI is InChI=1S/C16H18/c1-13-8-6-7-11-16(13)14(2)12-15-9-4-3-5-10-15/h3-11,14H,12H2,1-2H3. The van der Waals surface area contributed by atoms with Crippen molar-refractivity contribution in [3.63, 3.8) is 0 Å². The van der Waals surface area contributed by atoms with Crippen molar-refractivity contribution in [3.8, 4) is 0 Å². The SMILES string of the molecule is Cc1ccccc1C(C)Cc1ccccc1. The van der Waals surface area contributed by atoms with Crippen LogP contribution in [0.5, 0.6) is 0 Å². The van der Waals surface area contributed by atoms with Gasteiger partial charge >= 0.3 is 0 Å². The summed E-state index contributed by atoms with van der Waals surface area (Å²) >= 11 is 0. The van der Waals surface area contributed by atoms with Crippen LogP contribution >= 0.6 is 0 Å². The summed E-state index contributed by atoms with van der Waals surface area (Å²) in [5.74, 6) is 0.587. The first-order valence-electron chi connectivity index (χ1n) is 5.87. The van der Waals surface area contributed by atoms with E-state index in [-0.39, 0.29) is 0 Å². The first-order valence-corrected chi connectivity index (χ1v) is 5.87. The summed E-state index contributed by atoms with van der Waals surface area (Å²) in [5.41, 5.74) is 4.27. The Morgan fingerprint density at radius 1 is 0.875 bits per heavy atom. The van der Waals surface area contributed by atoms with Crippen LogP contribution in [0.2, 0.25) is 0 Å². The van der Waals surface area contributed by atoms with Crippen molar-refractivity contribution in [2.24, 2.45) is 0 Å². The molecule has 2 aromatic rings. The molecule has 0 aliphatic carbocycles. The molecule has 82 valence electrons. The highest BCUT2D eigenvalue weighted by Crippen LogP contribution is 2.22. The molecule has 2 rings (SSSR count). The Bertz CT molecular complexity index is 443. The topological polar surface area (TPSA) is 0 Å². The number of benzene rings is 2. The van der Waals surface area contributed by atoms with Crippen molar-refractivity contribution >= 4 is 0 Å². The van der Waals surface area contributed by atoms with Crippen LogP contribution in [0.1, 0.15) is 29.5 Å². The van der Waals surface area contributed by atoms with Gasteiger partial charge in [0.15, 0.2) is 0 Å². The minimum Gasteiger partial charge on any atom is -0.0622 e. The van der Waals surface area contributed by atoms with Gasteiger partial charge in [-0.3, -0.25) is 0 Å². The van der Waals surface area contributed by atoms with E-state index < -0.39 is 0 Å². The summed E-state index contributed by atoms with van der Waals surface area (Å²) in [6.07, 6.45) is 1.12. The van der Waals surface area contributed by atoms with Crippen molar-refractivity contribution in [1.82, 2.24) is 0 Å². The number of rotatable bonds is 3. The van der Waals surface area contributed by atoms with Gasteiger partial charge in [0.05, 0.1) is 0 Å². The number of hydrogen-bond acceptors (Lipinski definition) is 0. The first-order chi connectivity index (χ1) is 7.77. The van der Waals surface area contributed by atoms with Crippen molar-refractivity contribution < 1.29 is 0 Å². The third-order valence-corrected chi connectivity index (χ3v) is 3.10. The highest BCUT2D eigenvalue weighted by molar-refractivity contribution is 5.30. The second-order valence-corrected chi connectivity index (χ2v) is 4.45. The van der Waals surface area contributed by atoms with E-state index in [0.717, 1.165) is 6.42 Å². The average molecular weight is 210 g/mol. The average Bonchev–Trinajstić information content (AvgIpc) is 2.31. The lowest BCUT2D eigenvalue weighted by atomic mass is 9.91. The molecule has 1 atom stereocenters. The molecule has 0 aliphatic rings. The summed E-state index contributed by atoms with van der Waals surface area (Å²) in [7, 11) is 0. The highest BCUT2D eigenvalue weighted by Gasteiger charge is 2.08. The largest absolute Gasteiger partial charge is 0.0622 e. The first kappa shape index (κ1) is 10.9. The van der Waals surface area contributed by atoms with E-state index in [2.05, 4.69) is 68.4 Å². The van der Waals surface area contributed by atoms with E-state index in [1.54, 1.807) is 0 Å². The minimum absolute atomic E-state index is 0.587. The molecule has 0 amide bonds. The maximum Gasteiger partial charge on any atom is -0.0147 e. The van der Waals surface area contributed by atoms with Crippen LogP contribution in [-0.2, 0) is 6.42 Å². The Balaban J connectivity index is 2.15. The van der Waals surface area contributed by atoms with Gasteiger partial charge in [-0.25, -0.2) is 0 Å². The molecular formula is C16H18. The van der Waals surface area contributed by atoms with Crippen molar-refractivity contribution in [3.05, 3.63) is 71.3 Å². The minimum atomic E-state index is 0.587. The molecule has 0 saturated heterocycles. The molecule has 0 aliphatic heterocycles. The van der Waals surface area contributed by atoms with Crippen molar-refractivity contribution in [2.75, 3.05) is 0 Å². The molecule has 0 spiro atoms. The lowest BCUT2D eigenvalue weighted by Gasteiger charge is -2.14. The van der Waals surface area contributed by atoms with E-state index in [0.29, 0.717) is 5.92 Å².